The van der Waals surface area contributed by atoms with Crippen molar-refractivity contribution in [2.75, 3.05) is 0 Å². The summed E-state index contributed by atoms with van der Waals surface area (Å²) >= 11 is 11.0. The molecule has 0 fully saturated rings. The summed E-state index contributed by atoms with van der Waals surface area (Å²) in [4.78, 5) is 10.4. The van der Waals surface area contributed by atoms with Crippen LogP contribution in [0.2, 0.25) is 10.0 Å². The standard InChI is InChI=1S/C8H5Cl2FO3/c9-4-1-3(7(12)8(13)14)6(11)2-5(4)10/h1-2,7,12H,(H,13,14). The van der Waals surface area contributed by atoms with Gasteiger partial charge in [-0.05, 0) is 12.1 Å². The molecule has 0 radical (unpaired) electrons. The summed E-state index contributed by atoms with van der Waals surface area (Å²) in [5, 5.41) is 17.4. The molecule has 0 saturated heterocycles. The van der Waals surface area contributed by atoms with Crippen LogP contribution in [0, 0.1) is 5.82 Å². The molecule has 2 N–H and O–H groups in total. The Morgan fingerprint density at radius 3 is 2.36 bits per heavy atom. The SMILES string of the molecule is O=C(O)C(O)c1cc(Cl)c(Cl)cc1F. The van der Waals surface area contributed by atoms with Gasteiger partial charge in [0.25, 0.3) is 0 Å². The molecule has 0 aliphatic rings. The third-order valence-electron chi connectivity index (χ3n) is 1.57. The summed E-state index contributed by atoms with van der Waals surface area (Å²) in [6.45, 7) is 0. The fourth-order valence-electron chi connectivity index (χ4n) is 0.881. The van der Waals surface area contributed by atoms with Crippen LogP contribution in [0.1, 0.15) is 11.7 Å². The Balaban J connectivity index is 3.22. The van der Waals surface area contributed by atoms with Gasteiger partial charge in [-0.15, -0.1) is 0 Å². The summed E-state index contributed by atoms with van der Waals surface area (Å²) in [6.07, 6.45) is -1.94. The van der Waals surface area contributed by atoms with E-state index in [2.05, 4.69) is 0 Å². The number of carboxylic acids is 1. The van der Waals surface area contributed by atoms with E-state index in [9.17, 15) is 9.18 Å². The highest BCUT2D eigenvalue weighted by Crippen LogP contribution is 2.28. The average molecular weight is 239 g/mol. The van der Waals surface area contributed by atoms with Gasteiger partial charge in [0.1, 0.15) is 5.82 Å². The molecule has 3 nitrogen and oxygen atoms in total. The van der Waals surface area contributed by atoms with Gasteiger partial charge in [-0.2, -0.15) is 0 Å². The Morgan fingerprint density at radius 2 is 1.86 bits per heavy atom. The third kappa shape index (κ3) is 2.15. The zero-order chi connectivity index (χ0) is 10.9. The van der Waals surface area contributed by atoms with Crippen molar-refractivity contribution in [3.05, 3.63) is 33.6 Å². The molecule has 1 rings (SSSR count). The zero-order valence-electron chi connectivity index (χ0n) is 6.67. The largest absolute Gasteiger partial charge is 0.479 e. The Kier molecular flexibility index (Phi) is 3.31. The summed E-state index contributed by atoms with van der Waals surface area (Å²) in [5.41, 5.74) is -0.410. The second-order valence-electron chi connectivity index (χ2n) is 2.53. The normalized spacial score (nSPS) is 12.6. The van der Waals surface area contributed by atoms with Crippen LogP contribution in [0.25, 0.3) is 0 Å². The highest BCUT2D eigenvalue weighted by molar-refractivity contribution is 6.42. The van der Waals surface area contributed by atoms with Crippen molar-refractivity contribution in [3.63, 3.8) is 0 Å². The van der Waals surface area contributed by atoms with Gasteiger partial charge in [-0.1, -0.05) is 23.2 Å². The van der Waals surface area contributed by atoms with Crippen molar-refractivity contribution in [2.24, 2.45) is 0 Å². The third-order valence-corrected chi connectivity index (χ3v) is 2.29. The second-order valence-corrected chi connectivity index (χ2v) is 3.34. The molecule has 6 heteroatoms. The Morgan fingerprint density at radius 1 is 1.36 bits per heavy atom. The van der Waals surface area contributed by atoms with E-state index in [0.717, 1.165) is 12.1 Å². The van der Waals surface area contributed by atoms with Crippen LogP contribution in [0.3, 0.4) is 0 Å². The monoisotopic (exact) mass is 238 g/mol. The molecule has 0 spiro atoms. The molecule has 1 aromatic rings. The average Bonchev–Trinajstić information content (AvgIpc) is 2.10. The van der Waals surface area contributed by atoms with E-state index in [1.807, 2.05) is 0 Å². The first-order valence-corrected chi connectivity index (χ1v) is 4.24. The smallest absolute Gasteiger partial charge is 0.337 e. The van der Waals surface area contributed by atoms with E-state index in [0.29, 0.717) is 0 Å². The topological polar surface area (TPSA) is 57.5 Å². The number of aliphatic hydroxyl groups excluding tert-OH is 1. The van der Waals surface area contributed by atoms with Gasteiger partial charge < -0.3 is 10.2 Å². The number of aliphatic carboxylic acids is 1. The van der Waals surface area contributed by atoms with Gasteiger partial charge in [0, 0.05) is 5.56 Å². The minimum Gasteiger partial charge on any atom is -0.479 e. The maximum Gasteiger partial charge on any atom is 0.337 e. The number of hydrogen-bond donors (Lipinski definition) is 2. The fraction of sp³-hybridized carbons (Fsp3) is 0.125. The molecule has 1 aromatic carbocycles. The highest BCUT2D eigenvalue weighted by Gasteiger charge is 2.21. The van der Waals surface area contributed by atoms with Crippen molar-refractivity contribution in [1.29, 1.82) is 0 Å². The van der Waals surface area contributed by atoms with Crippen LogP contribution in [0.4, 0.5) is 4.39 Å². The number of rotatable bonds is 2. The van der Waals surface area contributed by atoms with Crippen LogP contribution in [0.15, 0.2) is 12.1 Å². The van der Waals surface area contributed by atoms with Crippen molar-refractivity contribution in [3.8, 4) is 0 Å². The van der Waals surface area contributed by atoms with Gasteiger partial charge >= 0.3 is 5.97 Å². The predicted octanol–water partition coefficient (Wildman–Crippen LogP) is 2.25. The molecule has 1 atom stereocenters. The molecule has 0 heterocycles. The zero-order valence-corrected chi connectivity index (χ0v) is 8.18. The molecule has 76 valence electrons. The first kappa shape index (κ1) is 11.2. The number of benzene rings is 1. The Labute approximate surface area is 88.7 Å². The van der Waals surface area contributed by atoms with Gasteiger partial charge in [-0.25, -0.2) is 9.18 Å². The van der Waals surface area contributed by atoms with E-state index < -0.39 is 23.5 Å². The van der Waals surface area contributed by atoms with E-state index in [1.165, 1.54) is 0 Å². The molecule has 0 aromatic heterocycles. The van der Waals surface area contributed by atoms with Gasteiger partial charge in [-0.3, -0.25) is 0 Å². The van der Waals surface area contributed by atoms with Crippen LogP contribution < -0.4 is 0 Å². The highest BCUT2D eigenvalue weighted by atomic mass is 35.5. The molecule has 0 aliphatic carbocycles. The number of aliphatic hydroxyl groups is 1. The van der Waals surface area contributed by atoms with E-state index in [1.54, 1.807) is 0 Å². The molecule has 0 aliphatic heterocycles. The minimum atomic E-state index is -1.94. The van der Waals surface area contributed by atoms with Crippen LogP contribution in [0.5, 0.6) is 0 Å². The number of hydrogen-bond acceptors (Lipinski definition) is 2. The van der Waals surface area contributed by atoms with Crippen LogP contribution in [-0.4, -0.2) is 16.2 Å². The predicted molar refractivity (Wildman–Crippen MR) is 49.0 cm³/mol. The minimum absolute atomic E-state index is 0.0108. The maximum atomic E-state index is 13.1. The summed E-state index contributed by atoms with van der Waals surface area (Å²) in [6, 6.07) is 1.84. The molecule has 0 amide bonds. The number of carbonyl (C=O) groups is 1. The number of carboxylic acid groups (broad SMARTS) is 1. The van der Waals surface area contributed by atoms with Gasteiger partial charge in [0.2, 0.25) is 0 Å². The quantitative estimate of drug-likeness (QED) is 0.778. The van der Waals surface area contributed by atoms with Crippen molar-refractivity contribution in [2.45, 2.75) is 6.10 Å². The lowest BCUT2D eigenvalue weighted by Gasteiger charge is -2.08. The molecule has 14 heavy (non-hydrogen) atoms. The molecular formula is C8H5Cl2FO3. The first-order chi connectivity index (χ1) is 6.43. The molecule has 0 bridgehead atoms. The van der Waals surface area contributed by atoms with E-state index in [-0.39, 0.29) is 10.0 Å². The van der Waals surface area contributed by atoms with Crippen molar-refractivity contribution in [1.82, 2.24) is 0 Å². The van der Waals surface area contributed by atoms with Gasteiger partial charge in [0.05, 0.1) is 10.0 Å². The molecule has 1 unspecified atom stereocenters. The Hall–Kier alpha value is -0.840. The fourth-order valence-corrected chi connectivity index (χ4v) is 1.20. The van der Waals surface area contributed by atoms with Crippen molar-refractivity contribution < 1.29 is 19.4 Å². The second kappa shape index (κ2) is 4.13. The lowest BCUT2D eigenvalue weighted by Crippen LogP contribution is -2.12. The lowest BCUT2D eigenvalue weighted by atomic mass is 10.1. The summed E-state index contributed by atoms with van der Waals surface area (Å²) in [7, 11) is 0. The van der Waals surface area contributed by atoms with Gasteiger partial charge in [0.15, 0.2) is 6.10 Å². The van der Waals surface area contributed by atoms with E-state index in [4.69, 9.17) is 33.4 Å². The summed E-state index contributed by atoms with van der Waals surface area (Å²) in [5.74, 6) is -2.46. The molecule has 0 saturated carbocycles. The summed E-state index contributed by atoms with van der Waals surface area (Å²) < 4.78 is 13.1. The van der Waals surface area contributed by atoms with Crippen LogP contribution in [-0.2, 0) is 4.79 Å². The maximum absolute atomic E-state index is 13.1. The molecular weight excluding hydrogens is 234 g/mol. The Bertz CT molecular complexity index is 381. The number of halogens is 3. The van der Waals surface area contributed by atoms with E-state index >= 15 is 0 Å². The van der Waals surface area contributed by atoms with Crippen molar-refractivity contribution >= 4 is 29.2 Å². The first-order valence-electron chi connectivity index (χ1n) is 3.48. The lowest BCUT2D eigenvalue weighted by molar-refractivity contribution is -0.147. The van der Waals surface area contributed by atoms with Crippen LogP contribution >= 0.6 is 23.2 Å².